The van der Waals surface area contributed by atoms with Crippen LogP contribution in [-0.4, -0.2) is 11.6 Å². The van der Waals surface area contributed by atoms with Crippen LogP contribution in [0.5, 0.6) is 0 Å². The monoisotopic (exact) mass is 284 g/mol. The van der Waals surface area contributed by atoms with Gasteiger partial charge in [-0.15, -0.1) is 0 Å². The Morgan fingerprint density at radius 2 is 1.75 bits per heavy atom. The molecule has 0 saturated carbocycles. The van der Waals surface area contributed by atoms with Gasteiger partial charge in [0.2, 0.25) is 0 Å². The molecule has 0 saturated heterocycles. The normalized spacial score (nSPS) is 13.3. The second-order valence-corrected chi connectivity index (χ2v) is 5.72. The van der Waals surface area contributed by atoms with E-state index in [1.54, 1.807) is 0 Å². The van der Waals surface area contributed by atoms with E-state index in [0.717, 1.165) is 10.0 Å². The molecule has 1 aromatic carbocycles. The van der Waals surface area contributed by atoms with Gasteiger partial charge in [0, 0.05) is 4.47 Å². The average molecular weight is 285 g/mol. The third kappa shape index (κ3) is 3.97. The van der Waals surface area contributed by atoms with Gasteiger partial charge in [-0.25, -0.2) is 0 Å². The van der Waals surface area contributed by atoms with Crippen molar-refractivity contribution in [2.24, 2.45) is 0 Å². The maximum atomic E-state index is 11.8. The summed E-state index contributed by atoms with van der Waals surface area (Å²) in [6.45, 7) is 7.48. The Morgan fingerprint density at radius 3 is 2.19 bits per heavy atom. The van der Waals surface area contributed by atoms with Crippen LogP contribution in [0.3, 0.4) is 0 Å². The SMILES string of the molecule is CC(C(=O)OC(C)(C)C)c1ccc(Br)cc1. The standard InChI is InChI=1S/C13H17BrO2/c1-9(12(15)16-13(2,3)4)10-5-7-11(14)8-6-10/h5-9H,1-4H3. The highest BCUT2D eigenvalue weighted by Gasteiger charge is 2.22. The van der Waals surface area contributed by atoms with Gasteiger partial charge >= 0.3 is 5.97 Å². The van der Waals surface area contributed by atoms with E-state index >= 15 is 0 Å². The van der Waals surface area contributed by atoms with E-state index in [1.807, 2.05) is 52.0 Å². The van der Waals surface area contributed by atoms with Gasteiger partial charge in [-0.2, -0.15) is 0 Å². The summed E-state index contributed by atoms with van der Waals surface area (Å²) in [5.41, 5.74) is 0.540. The molecule has 0 amide bonds. The third-order valence-electron chi connectivity index (χ3n) is 2.13. The first kappa shape index (κ1) is 13.2. The maximum absolute atomic E-state index is 11.8. The lowest BCUT2D eigenvalue weighted by atomic mass is 10.0. The van der Waals surface area contributed by atoms with Crippen LogP contribution in [0, 0.1) is 0 Å². The number of esters is 1. The van der Waals surface area contributed by atoms with Crippen molar-refractivity contribution in [2.45, 2.75) is 39.2 Å². The highest BCUT2D eigenvalue weighted by atomic mass is 79.9. The minimum atomic E-state index is -0.430. The van der Waals surface area contributed by atoms with Crippen molar-refractivity contribution >= 4 is 21.9 Å². The van der Waals surface area contributed by atoms with Crippen LogP contribution in [0.25, 0.3) is 0 Å². The average Bonchev–Trinajstić information content (AvgIpc) is 2.15. The van der Waals surface area contributed by atoms with Crippen LogP contribution < -0.4 is 0 Å². The van der Waals surface area contributed by atoms with Crippen molar-refractivity contribution in [3.05, 3.63) is 34.3 Å². The molecule has 1 unspecified atom stereocenters. The highest BCUT2D eigenvalue weighted by Crippen LogP contribution is 2.21. The summed E-state index contributed by atoms with van der Waals surface area (Å²) in [4.78, 5) is 11.8. The van der Waals surface area contributed by atoms with Gasteiger partial charge in [0.1, 0.15) is 5.60 Å². The molecule has 1 aromatic rings. The highest BCUT2D eigenvalue weighted by molar-refractivity contribution is 9.10. The van der Waals surface area contributed by atoms with Gasteiger partial charge in [0.15, 0.2) is 0 Å². The molecule has 88 valence electrons. The smallest absolute Gasteiger partial charge is 0.313 e. The Morgan fingerprint density at radius 1 is 1.25 bits per heavy atom. The molecule has 0 aromatic heterocycles. The number of hydrogen-bond acceptors (Lipinski definition) is 2. The van der Waals surface area contributed by atoms with Crippen molar-refractivity contribution in [3.63, 3.8) is 0 Å². The first-order valence-corrected chi connectivity index (χ1v) is 6.07. The van der Waals surface area contributed by atoms with Crippen LogP contribution in [0.4, 0.5) is 0 Å². The molecule has 0 aliphatic carbocycles. The zero-order chi connectivity index (χ0) is 12.3. The van der Waals surface area contributed by atoms with E-state index in [-0.39, 0.29) is 11.9 Å². The Balaban J connectivity index is 2.74. The molecule has 0 spiro atoms. The second-order valence-electron chi connectivity index (χ2n) is 4.81. The van der Waals surface area contributed by atoms with Gasteiger partial charge in [0.05, 0.1) is 5.92 Å². The largest absolute Gasteiger partial charge is 0.460 e. The zero-order valence-corrected chi connectivity index (χ0v) is 11.7. The minimum absolute atomic E-state index is 0.185. The molecule has 0 heterocycles. The van der Waals surface area contributed by atoms with Crippen molar-refractivity contribution < 1.29 is 9.53 Å². The van der Waals surface area contributed by atoms with Gasteiger partial charge in [-0.3, -0.25) is 4.79 Å². The molecule has 1 rings (SSSR count). The van der Waals surface area contributed by atoms with E-state index in [1.165, 1.54) is 0 Å². The van der Waals surface area contributed by atoms with E-state index in [4.69, 9.17) is 4.74 Å². The summed E-state index contributed by atoms with van der Waals surface area (Å²) in [7, 11) is 0. The zero-order valence-electron chi connectivity index (χ0n) is 10.1. The van der Waals surface area contributed by atoms with Crippen LogP contribution in [0.2, 0.25) is 0 Å². The Hall–Kier alpha value is -0.830. The predicted octanol–water partition coefficient (Wildman–Crippen LogP) is 3.89. The minimum Gasteiger partial charge on any atom is -0.460 e. The lowest BCUT2D eigenvalue weighted by Gasteiger charge is -2.22. The van der Waals surface area contributed by atoms with E-state index in [0.29, 0.717) is 0 Å². The lowest BCUT2D eigenvalue weighted by Crippen LogP contribution is -2.26. The number of ether oxygens (including phenoxy) is 1. The second kappa shape index (κ2) is 5.00. The molecular formula is C13H17BrO2. The molecule has 0 N–H and O–H groups in total. The molecule has 0 radical (unpaired) electrons. The molecule has 0 aliphatic heterocycles. The Labute approximate surface area is 105 Å². The molecule has 3 heteroatoms. The fraction of sp³-hybridized carbons (Fsp3) is 0.462. The predicted molar refractivity (Wildman–Crippen MR) is 68.4 cm³/mol. The molecule has 0 aliphatic rings. The van der Waals surface area contributed by atoms with Crippen molar-refractivity contribution in [1.82, 2.24) is 0 Å². The summed E-state index contributed by atoms with van der Waals surface area (Å²) in [6, 6.07) is 7.71. The number of carbonyl (C=O) groups excluding carboxylic acids is 1. The van der Waals surface area contributed by atoms with Crippen molar-refractivity contribution in [3.8, 4) is 0 Å². The molecule has 16 heavy (non-hydrogen) atoms. The van der Waals surface area contributed by atoms with E-state index in [9.17, 15) is 4.79 Å². The lowest BCUT2D eigenvalue weighted by molar-refractivity contribution is -0.156. The molecular weight excluding hydrogens is 268 g/mol. The number of hydrogen-bond donors (Lipinski definition) is 0. The Kier molecular flexibility index (Phi) is 4.14. The number of benzene rings is 1. The van der Waals surface area contributed by atoms with Gasteiger partial charge in [-0.05, 0) is 45.4 Å². The first-order chi connectivity index (χ1) is 7.29. The van der Waals surface area contributed by atoms with Gasteiger partial charge < -0.3 is 4.74 Å². The fourth-order valence-electron chi connectivity index (χ4n) is 1.28. The van der Waals surface area contributed by atoms with Crippen LogP contribution >= 0.6 is 15.9 Å². The first-order valence-electron chi connectivity index (χ1n) is 5.28. The fourth-order valence-corrected chi connectivity index (χ4v) is 1.54. The third-order valence-corrected chi connectivity index (χ3v) is 2.66. The van der Waals surface area contributed by atoms with Crippen LogP contribution in [0.1, 0.15) is 39.2 Å². The van der Waals surface area contributed by atoms with Crippen LogP contribution in [0.15, 0.2) is 28.7 Å². The van der Waals surface area contributed by atoms with Crippen LogP contribution in [-0.2, 0) is 9.53 Å². The number of halogens is 1. The van der Waals surface area contributed by atoms with Gasteiger partial charge in [-0.1, -0.05) is 28.1 Å². The molecule has 0 fully saturated rings. The topological polar surface area (TPSA) is 26.3 Å². The molecule has 0 bridgehead atoms. The summed E-state index contributed by atoms with van der Waals surface area (Å²) >= 11 is 3.36. The number of rotatable bonds is 2. The maximum Gasteiger partial charge on any atom is 0.313 e. The van der Waals surface area contributed by atoms with E-state index in [2.05, 4.69) is 15.9 Å². The quantitative estimate of drug-likeness (QED) is 0.770. The summed E-state index contributed by atoms with van der Waals surface area (Å²) in [5.74, 6) is -0.415. The Bertz CT molecular complexity index is 363. The summed E-state index contributed by atoms with van der Waals surface area (Å²) in [5, 5.41) is 0. The summed E-state index contributed by atoms with van der Waals surface area (Å²) in [6.07, 6.45) is 0. The van der Waals surface area contributed by atoms with Gasteiger partial charge in [0.25, 0.3) is 0 Å². The molecule has 1 atom stereocenters. The van der Waals surface area contributed by atoms with Crippen molar-refractivity contribution in [1.29, 1.82) is 0 Å². The van der Waals surface area contributed by atoms with Crippen molar-refractivity contribution in [2.75, 3.05) is 0 Å². The number of carbonyl (C=O) groups is 1. The molecule has 2 nitrogen and oxygen atoms in total. The van der Waals surface area contributed by atoms with E-state index < -0.39 is 5.60 Å². The summed E-state index contributed by atoms with van der Waals surface area (Å²) < 4.78 is 6.34.